The Morgan fingerprint density at radius 1 is 1.22 bits per heavy atom. The monoisotopic (exact) mass is 369 g/mol. The molecular weight excluding hydrogens is 342 g/mol. The number of piperidine rings is 1. The number of ether oxygens (including phenoxy) is 1. The van der Waals surface area contributed by atoms with Crippen LogP contribution in [0.15, 0.2) is 34.9 Å². The summed E-state index contributed by atoms with van der Waals surface area (Å²) in [5.74, 6) is 1.60. The highest BCUT2D eigenvalue weighted by molar-refractivity contribution is 5.91. The molecule has 1 unspecified atom stereocenters. The van der Waals surface area contributed by atoms with Crippen molar-refractivity contribution in [3.05, 3.63) is 47.3 Å². The summed E-state index contributed by atoms with van der Waals surface area (Å²) in [5, 5.41) is 4.23. The third kappa shape index (κ3) is 4.00. The van der Waals surface area contributed by atoms with Crippen LogP contribution in [-0.2, 0) is 6.54 Å². The summed E-state index contributed by atoms with van der Waals surface area (Å²) in [6.07, 6.45) is 4.34. The summed E-state index contributed by atoms with van der Waals surface area (Å²) in [4.78, 5) is 16.8. The highest BCUT2D eigenvalue weighted by atomic mass is 16.5. The van der Waals surface area contributed by atoms with Crippen LogP contribution >= 0.6 is 0 Å². The Morgan fingerprint density at radius 3 is 2.85 bits per heavy atom. The van der Waals surface area contributed by atoms with E-state index in [2.05, 4.69) is 16.1 Å². The predicted octanol–water partition coefficient (Wildman–Crippen LogP) is 3.30. The van der Waals surface area contributed by atoms with E-state index >= 15 is 0 Å². The molecule has 0 radical (unpaired) electrons. The van der Waals surface area contributed by atoms with Gasteiger partial charge >= 0.3 is 0 Å². The molecule has 144 valence electrons. The van der Waals surface area contributed by atoms with Crippen LogP contribution in [0.5, 0.6) is 5.75 Å². The number of likely N-dealkylation sites (tertiary alicyclic amines) is 2. The highest BCUT2D eigenvalue weighted by Crippen LogP contribution is 2.29. The van der Waals surface area contributed by atoms with Gasteiger partial charge in [0.1, 0.15) is 5.75 Å². The van der Waals surface area contributed by atoms with Crippen LogP contribution in [0.3, 0.4) is 0 Å². The number of nitrogens with zero attached hydrogens (tertiary/aromatic N) is 3. The summed E-state index contributed by atoms with van der Waals surface area (Å²) in [5.41, 5.74) is 2.10. The number of aromatic nitrogens is 1. The van der Waals surface area contributed by atoms with E-state index in [1.165, 1.54) is 5.56 Å². The number of benzene rings is 1. The molecule has 0 saturated carbocycles. The van der Waals surface area contributed by atoms with E-state index in [4.69, 9.17) is 9.26 Å². The van der Waals surface area contributed by atoms with Gasteiger partial charge in [-0.3, -0.25) is 9.69 Å². The topological polar surface area (TPSA) is 58.8 Å². The molecule has 2 fully saturated rings. The van der Waals surface area contributed by atoms with E-state index in [0.29, 0.717) is 11.7 Å². The molecule has 4 rings (SSSR count). The van der Waals surface area contributed by atoms with Crippen molar-refractivity contribution in [2.24, 2.45) is 0 Å². The summed E-state index contributed by atoms with van der Waals surface area (Å²) in [6, 6.07) is 10.0. The van der Waals surface area contributed by atoms with Gasteiger partial charge in [0, 0.05) is 43.7 Å². The minimum Gasteiger partial charge on any atom is -0.496 e. The Morgan fingerprint density at radius 2 is 2.04 bits per heavy atom. The third-order valence-electron chi connectivity index (χ3n) is 5.64. The standard InChI is InChI=1S/C21H27N3O3/c1-26-19-9-3-2-7-17(19)15-23-10-6-8-16(14-23)18-13-20(27-22-18)21(25)24-11-4-5-12-24/h2-3,7,9,13,16H,4-6,8,10-12,14-15H2,1H3. The van der Waals surface area contributed by atoms with Gasteiger partial charge in [0.05, 0.1) is 12.8 Å². The lowest BCUT2D eigenvalue weighted by molar-refractivity contribution is 0.0751. The van der Waals surface area contributed by atoms with Gasteiger partial charge in [-0.25, -0.2) is 0 Å². The van der Waals surface area contributed by atoms with Crippen LogP contribution < -0.4 is 4.74 Å². The minimum absolute atomic E-state index is 0.0204. The average molecular weight is 369 g/mol. The number of hydrogen-bond acceptors (Lipinski definition) is 5. The number of methoxy groups -OCH3 is 1. The number of amides is 1. The van der Waals surface area contributed by atoms with Gasteiger partial charge < -0.3 is 14.2 Å². The van der Waals surface area contributed by atoms with Crippen molar-refractivity contribution in [1.29, 1.82) is 0 Å². The fraction of sp³-hybridized carbons (Fsp3) is 0.524. The quantitative estimate of drug-likeness (QED) is 0.809. The van der Waals surface area contributed by atoms with Crippen LogP contribution in [-0.4, -0.2) is 54.2 Å². The zero-order valence-corrected chi connectivity index (χ0v) is 15.9. The van der Waals surface area contributed by atoms with Crippen molar-refractivity contribution in [3.63, 3.8) is 0 Å². The summed E-state index contributed by atoms with van der Waals surface area (Å²) >= 11 is 0. The number of para-hydroxylation sites is 1. The number of rotatable bonds is 5. The van der Waals surface area contributed by atoms with Crippen LogP contribution in [0.2, 0.25) is 0 Å². The smallest absolute Gasteiger partial charge is 0.292 e. The molecule has 2 aliphatic heterocycles. The summed E-state index contributed by atoms with van der Waals surface area (Å²) < 4.78 is 10.9. The van der Waals surface area contributed by atoms with Crippen molar-refractivity contribution in [3.8, 4) is 5.75 Å². The maximum atomic E-state index is 12.5. The molecule has 0 N–H and O–H groups in total. The number of hydrogen-bond donors (Lipinski definition) is 0. The van der Waals surface area contributed by atoms with Crippen LogP contribution in [0.25, 0.3) is 0 Å². The Bertz CT molecular complexity index is 782. The van der Waals surface area contributed by atoms with Crippen LogP contribution in [0.1, 0.15) is 53.4 Å². The molecule has 0 aliphatic carbocycles. The van der Waals surface area contributed by atoms with Crippen molar-refractivity contribution in [2.45, 2.75) is 38.1 Å². The maximum absolute atomic E-state index is 12.5. The molecule has 6 nitrogen and oxygen atoms in total. The zero-order chi connectivity index (χ0) is 18.6. The van der Waals surface area contributed by atoms with Crippen LogP contribution in [0.4, 0.5) is 0 Å². The summed E-state index contributed by atoms with van der Waals surface area (Å²) in [7, 11) is 1.71. The zero-order valence-electron chi connectivity index (χ0n) is 15.9. The maximum Gasteiger partial charge on any atom is 0.292 e. The van der Waals surface area contributed by atoms with Gasteiger partial charge in [-0.1, -0.05) is 23.4 Å². The molecule has 1 aromatic heterocycles. The molecular formula is C21H27N3O3. The lowest BCUT2D eigenvalue weighted by Gasteiger charge is -2.32. The molecule has 3 heterocycles. The second kappa shape index (κ2) is 8.13. The van der Waals surface area contributed by atoms with E-state index < -0.39 is 0 Å². The molecule has 1 atom stereocenters. The highest BCUT2D eigenvalue weighted by Gasteiger charge is 2.28. The largest absolute Gasteiger partial charge is 0.496 e. The first-order valence-electron chi connectivity index (χ1n) is 9.84. The van der Waals surface area contributed by atoms with Crippen molar-refractivity contribution < 1.29 is 14.1 Å². The molecule has 1 amide bonds. The second-order valence-electron chi connectivity index (χ2n) is 7.50. The van der Waals surface area contributed by atoms with Gasteiger partial charge in [0.2, 0.25) is 5.76 Å². The Kier molecular flexibility index (Phi) is 5.43. The first-order chi connectivity index (χ1) is 13.2. The lowest BCUT2D eigenvalue weighted by atomic mass is 9.94. The Hall–Kier alpha value is -2.34. The van der Waals surface area contributed by atoms with Gasteiger partial charge in [0.15, 0.2) is 0 Å². The molecule has 6 heteroatoms. The second-order valence-corrected chi connectivity index (χ2v) is 7.50. The van der Waals surface area contributed by atoms with E-state index in [1.54, 1.807) is 7.11 Å². The molecule has 1 aromatic carbocycles. The first kappa shape index (κ1) is 18.0. The van der Waals surface area contributed by atoms with E-state index in [-0.39, 0.29) is 5.91 Å². The van der Waals surface area contributed by atoms with Crippen LogP contribution in [0, 0.1) is 0 Å². The number of carbonyl (C=O) groups excluding carboxylic acids is 1. The normalized spacial score (nSPS) is 20.8. The lowest BCUT2D eigenvalue weighted by Crippen LogP contribution is -2.34. The fourth-order valence-electron chi connectivity index (χ4n) is 4.17. The SMILES string of the molecule is COc1ccccc1CN1CCCC(c2cc(C(=O)N3CCCC3)on2)C1. The average Bonchev–Trinajstić information content (AvgIpc) is 3.40. The molecule has 2 saturated heterocycles. The van der Waals surface area contributed by atoms with E-state index in [0.717, 1.165) is 69.9 Å². The Labute approximate surface area is 160 Å². The van der Waals surface area contributed by atoms with Gasteiger partial charge in [-0.2, -0.15) is 0 Å². The predicted molar refractivity (Wildman–Crippen MR) is 102 cm³/mol. The number of carbonyl (C=O) groups is 1. The molecule has 0 spiro atoms. The minimum atomic E-state index is -0.0204. The van der Waals surface area contributed by atoms with Crippen molar-refractivity contribution in [2.75, 3.05) is 33.3 Å². The molecule has 0 bridgehead atoms. The molecule has 27 heavy (non-hydrogen) atoms. The van der Waals surface area contributed by atoms with Gasteiger partial charge in [-0.05, 0) is 38.3 Å². The molecule has 2 aromatic rings. The fourth-order valence-corrected chi connectivity index (χ4v) is 4.17. The molecule has 2 aliphatic rings. The first-order valence-corrected chi connectivity index (χ1v) is 9.84. The van der Waals surface area contributed by atoms with Crippen molar-refractivity contribution in [1.82, 2.24) is 15.0 Å². The Balaban J connectivity index is 1.42. The van der Waals surface area contributed by atoms with Gasteiger partial charge in [0.25, 0.3) is 5.91 Å². The van der Waals surface area contributed by atoms with Crippen molar-refractivity contribution >= 4 is 5.91 Å². The summed E-state index contributed by atoms with van der Waals surface area (Å²) in [6.45, 7) is 4.49. The third-order valence-corrected chi connectivity index (χ3v) is 5.64. The van der Waals surface area contributed by atoms with Gasteiger partial charge in [-0.15, -0.1) is 0 Å². The van der Waals surface area contributed by atoms with E-state index in [1.807, 2.05) is 29.2 Å². The van der Waals surface area contributed by atoms with E-state index in [9.17, 15) is 4.79 Å².